The number of anilines is 1. The Labute approximate surface area is 118 Å². The number of allylic oxidation sites excluding steroid dienone is 2. The molecule has 1 fully saturated rings. The molecule has 0 saturated carbocycles. The maximum atomic E-state index is 4.83. The van der Waals surface area contributed by atoms with Gasteiger partial charge in [-0.15, -0.1) is 0 Å². The fourth-order valence-electron chi connectivity index (χ4n) is 3.21. The van der Waals surface area contributed by atoms with E-state index in [4.69, 9.17) is 4.98 Å². The third kappa shape index (κ3) is 1.88. The first-order valence-corrected chi connectivity index (χ1v) is 7.53. The zero-order valence-corrected chi connectivity index (χ0v) is 11.6. The van der Waals surface area contributed by atoms with E-state index in [0.717, 1.165) is 55.3 Å². The van der Waals surface area contributed by atoms with Crippen LogP contribution in [0.1, 0.15) is 31.5 Å². The van der Waals surface area contributed by atoms with Gasteiger partial charge in [0.1, 0.15) is 12.2 Å². The van der Waals surface area contributed by atoms with E-state index in [2.05, 4.69) is 31.6 Å². The summed E-state index contributed by atoms with van der Waals surface area (Å²) >= 11 is 0. The molecule has 4 heterocycles. The molecule has 0 unspecified atom stereocenters. The maximum absolute atomic E-state index is 4.83. The molecule has 4 rings (SSSR count). The summed E-state index contributed by atoms with van der Waals surface area (Å²) in [6, 6.07) is 0. The van der Waals surface area contributed by atoms with Gasteiger partial charge in [-0.25, -0.2) is 15.0 Å². The molecular weight excluding hydrogens is 250 g/mol. The summed E-state index contributed by atoms with van der Waals surface area (Å²) < 4.78 is 2.25. The summed E-state index contributed by atoms with van der Waals surface area (Å²) in [6.45, 7) is 3.15. The van der Waals surface area contributed by atoms with Gasteiger partial charge in [0.2, 0.25) is 0 Å². The highest BCUT2D eigenvalue weighted by Crippen LogP contribution is 2.26. The number of hydrogen-bond donors (Lipinski definition) is 0. The molecule has 0 atom stereocenters. The van der Waals surface area contributed by atoms with Crippen LogP contribution in [0, 0.1) is 0 Å². The van der Waals surface area contributed by atoms with Crippen molar-refractivity contribution in [3.05, 3.63) is 24.3 Å². The lowest BCUT2D eigenvalue weighted by Crippen LogP contribution is -2.30. The fraction of sp³-hybridized carbons (Fsp3) is 0.533. The first-order chi connectivity index (χ1) is 9.93. The molecule has 0 N–H and O–H groups in total. The van der Waals surface area contributed by atoms with Gasteiger partial charge >= 0.3 is 0 Å². The molecule has 0 bridgehead atoms. The normalized spacial score (nSPS) is 19.1. The number of fused-ring (bicyclic) bond motifs is 3. The highest BCUT2D eigenvalue weighted by Gasteiger charge is 2.20. The van der Waals surface area contributed by atoms with Crippen LogP contribution < -0.4 is 4.90 Å². The highest BCUT2D eigenvalue weighted by atomic mass is 15.2. The molecule has 2 aliphatic rings. The smallest absolute Gasteiger partial charge is 0.165 e. The lowest BCUT2D eigenvalue weighted by atomic mass is 10.1. The van der Waals surface area contributed by atoms with Gasteiger partial charge in [-0.2, -0.15) is 0 Å². The topological polar surface area (TPSA) is 46.8 Å². The molecule has 5 heteroatoms. The average molecular weight is 269 g/mol. The van der Waals surface area contributed by atoms with Crippen molar-refractivity contribution in [3.8, 4) is 0 Å². The van der Waals surface area contributed by atoms with Gasteiger partial charge in [0.25, 0.3) is 0 Å². The van der Waals surface area contributed by atoms with E-state index in [-0.39, 0.29) is 0 Å². The van der Waals surface area contributed by atoms with Crippen molar-refractivity contribution in [1.29, 1.82) is 0 Å². The number of imidazole rings is 1. The lowest BCUT2D eigenvalue weighted by Gasteiger charge is -2.27. The monoisotopic (exact) mass is 269 g/mol. The van der Waals surface area contributed by atoms with Crippen molar-refractivity contribution in [2.24, 2.45) is 0 Å². The van der Waals surface area contributed by atoms with E-state index in [1.54, 1.807) is 6.33 Å². The van der Waals surface area contributed by atoms with Crippen LogP contribution in [0.5, 0.6) is 0 Å². The van der Waals surface area contributed by atoms with Crippen LogP contribution >= 0.6 is 0 Å². The Hall–Kier alpha value is -1.91. The number of piperidine rings is 1. The summed E-state index contributed by atoms with van der Waals surface area (Å²) in [7, 11) is 0. The highest BCUT2D eigenvalue weighted by molar-refractivity contribution is 5.84. The van der Waals surface area contributed by atoms with Gasteiger partial charge in [0.05, 0.1) is 0 Å². The summed E-state index contributed by atoms with van der Waals surface area (Å²) in [5.74, 6) is 2.15. The number of aromatic nitrogens is 4. The van der Waals surface area contributed by atoms with E-state index >= 15 is 0 Å². The zero-order chi connectivity index (χ0) is 13.4. The first-order valence-electron chi connectivity index (χ1n) is 7.53. The predicted octanol–water partition coefficient (Wildman–Crippen LogP) is 2.32. The quantitative estimate of drug-likeness (QED) is 0.745. The molecule has 2 aliphatic heterocycles. The summed E-state index contributed by atoms with van der Waals surface area (Å²) in [5.41, 5.74) is 1.99. The number of aryl methyl sites for hydroxylation is 1. The van der Waals surface area contributed by atoms with Crippen LogP contribution in [-0.2, 0) is 13.0 Å². The first kappa shape index (κ1) is 11.9. The second-order valence-corrected chi connectivity index (χ2v) is 5.56. The number of rotatable bonds is 1. The van der Waals surface area contributed by atoms with Gasteiger partial charge in [-0.3, -0.25) is 0 Å². The Balaban J connectivity index is 1.84. The molecule has 2 aromatic rings. The van der Waals surface area contributed by atoms with E-state index in [1.165, 1.54) is 19.3 Å². The third-order valence-electron chi connectivity index (χ3n) is 4.23. The second kappa shape index (κ2) is 4.89. The molecule has 20 heavy (non-hydrogen) atoms. The van der Waals surface area contributed by atoms with Crippen LogP contribution in [-0.4, -0.2) is 32.6 Å². The predicted molar refractivity (Wildman–Crippen MR) is 78.8 cm³/mol. The van der Waals surface area contributed by atoms with E-state index in [0.29, 0.717) is 0 Å². The van der Waals surface area contributed by atoms with Crippen molar-refractivity contribution in [2.45, 2.75) is 38.6 Å². The summed E-state index contributed by atoms with van der Waals surface area (Å²) in [5, 5.41) is 0. The molecule has 0 amide bonds. The molecule has 0 aromatic carbocycles. The van der Waals surface area contributed by atoms with Crippen LogP contribution in [0.25, 0.3) is 11.2 Å². The minimum Gasteiger partial charge on any atom is -0.355 e. The molecule has 0 radical (unpaired) electrons. The van der Waals surface area contributed by atoms with E-state index in [1.807, 2.05) is 0 Å². The van der Waals surface area contributed by atoms with E-state index < -0.39 is 0 Å². The SMILES string of the molecule is C1=CCc2nc3c(N4CCCCC4)ncnc3n2CC1. The van der Waals surface area contributed by atoms with Gasteiger partial charge in [0.15, 0.2) is 17.0 Å². The average Bonchev–Trinajstić information content (AvgIpc) is 2.70. The Morgan fingerprint density at radius 3 is 2.75 bits per heavy atom. The van der Waals surface area contributed by atoms with Crippen molar-refractivity contribution in [1.82, 2.24) is 19.5 Å². The van der Waals surface area contributed by atoms with Gasteiger partial charge in [0, 0.05) is 26.1 Å². The molecule has 0 aliphatic carbocycles. The summed E-state index contributed by atoms with van der Waals surface area (Å²) in [4.78, 5) is 16.2. The van der Waals surface area contributed by atoms with Crippen molar-refractivity contribution in [2.75, 3.05) is 18.0 Å². The molecular formula is C15H19N5. The Kier molecular flexibility index (Phi) is 2.90. The van der Waals surface area contributed by atoms with Crippen LogP contribution in [0.15, 0.2) is 18.5 Å². The molecule has 1 saturated heterocycles. The van der Waals surface area contributed by atoms with E-state index in [9.17, 15) is 0 Å². The van der Waals surface area contributed by atoms with Crippen molar-refractivity contribution < 1.29 is 0 Å². The minimum atomic E-state index is 0.899. The van der Waals surface area contributed by atoms with Crippen LogP contribution in [0.3, 0.4) is 0 Å². The van der Waals surface area contributed by atoms with Crippen LogP contribution in [0.2, 0.25) is 0 Å². The van der Waals surface area contributed by atoms with Crippen molar-refractivity contribution in [3.63, 3.8) is 0 Å². The largest absolute Gasteiger partial charge is 0.355 e. The Bertz CT molecular complexity index is 652. The van der Waals surface area contributed by atoms with Gasteiger partial charge in [-0.05, 0) is 25.7 Å². The number of nitrogens with zero attached hydrogens (tertiary/aromatic N) is 5. The third-order valence-corrected chi connectivity index (χ3v) is 4.23. The number of hydrogen-bond acceptors (Lipinski definition) is 4. The minimum absolute atomic E-state index is 0.899. The standard InChI is InChI=1S/C15H19N5/c1-3-7-12-18-13-14(19-8-4-2-5-9-19)16-11-17-15(13)20(12)10-6-1/h1,3,11H,2,4-10H2. The lowest BCUT2D eigenvalue weighted by molar-refractivity contribution is 0.574. The molecule has 2 aromatic heterocycles. The van der Waals surface area contributed by atoms with Gasteiger partial charge < -0.3 is 9.47 Å². The summed E-state index contributed by atoms with van der Waals surface area (Å²) in [6.07, 6.45) is 11.9. The van der Waals surface area contributed by atoms with Crippen LogP contribution in [0.4, 0.5) is 5.82 Å². The molecule has 0 spiro atoms. The maximum Gasteiger partial charge on any atom is 0.165 e. The molecule has 5 nitrogen and oxygen atoms in total. The Morgan fingerprint density at radius 1 is 0.950 bits per heavy atom. The fourth-order valence-corrected chi connectivity index (χ4v) is 3.21. The zero-order valence-electron chi connectivity index (χ0n) is 11.6. The van der Waals surface area contributed by atoms with Gasteiger partial charge in [-0.1, -0.05) is 12.2 Å². The molecule has 104 valence electrons. The Morgan fingerprint density at radius 2 is 1.85 bits per heavy atom. The second-order valence-electron chi connectivity index (χ2n) is 5.56. The van der Waals surface area contributed by atoms with Crippen molar-refractivity contribution >= 4 is 17.0 Å².